The highest BCUT2D eigenvalue weighted by molar-refractivity contribution is 6.11. The number of benzene rings is 2. The maximum atomic E-state index is 12.4. The number of aliphatic imine (C=N–C) groups is 1. The zero-order valence-electron chi connectivity index (χ0n) is 13.2. The van der Waals surface area contributed by atoms with Gasteiger partial charge in [0.25, 0.3) is 0 Å². The summed E-state index contributed by atoms with van der Waals surface area (Å²) in [4.78, 5) is 17.3. The summed E-state index contributed by atoms with van der Waals surface area (Å²) in [5.41, 5.74) is 3.87. The molecule has 116 valence electrons. The maximum absolute atomic E-state index is 12.4. The Kier molecular flexibility index (Phi) is 3.29. The number of fused-ring (bicyclic) bond motifs is 3. The van der Waals surface area contributed by atoms with E-state index >= 15 is 0 Å². The number of rotatable bonds is 2. The summed E-state index contributed by atoms with van der Waals surface area (Å²) in [7, 11) is 0. The fourth-order valence-corrected chi connectivity index (χ4v) is 3.52. The van der Waals surface area contributed by atoms with Crippen LogP contribution in [0.25, 0.3) is 0 Å². The van der Waals surface area contributed by atoms with E-state index in [2.05, 4.69) is 18.2 Å². The number of carbonyl (C=O) groups is 1. The minimum absolute atomic E-state index is 0.209. The first-order valence-corrected chi connectivity index (χ1v) is 8.09. The highest BCUT2D eigenvalue weighted by Gasteiger charge is 2.45. The van der Waals surface area contributed by atoms with Gasteiger partial charge in [-0.15, -0.1) is 0 Å². The number of esters is 1. The first-order chi connectivity index (χ1) is 11.2. The van der Waals surface area contributed by atoms with Crippen LogP contribution in [0.4, 0.5) is 0 Å². The predicted octanol–water partition coefficient (Wildman–Crippen LogP) is 3.35. The van der Waals surface area contributed by atoms with Gasteiger partial charge < -0.3 is 4.74 Å². The topological polar surface area (TPSA) is 38.7 Å². The standard InChI is InChI=1S/C20H19NO2/c1-20-12-11-15-9-5-6-10-16(15)18(20)21-17(19(22)23-20)13-14-7-3-2-4-8-14/h2-10,17H,11-13H2,1H3/t17-,20-/m0/s1. The van der Waals surface area contributed by atoms with Gasteiger partial charge >= 0.3 is 5.97 Å². The molecule has 0 bridgehead atoms. The summed E-state index contributed by atoms with van der Waals surface area (Å²) >= 11 is 0. The van der Waals surface area contributed by atoms with E-state index in [4.69, 9.17) is 9.73 Å². The van der Waals surface area contributed by atoms with E-state index in [-0.39, 0.29) is 5.97 Å². The molecular weight excluding hydrogens is 286 g/mol. The van der Waals surface area contributed by atoms with E-state index < -0.39 is 11.6 Å². The molecule has 0 amide bonds. The van der Waals surface area contributed by atoms with Gasteiger partial charge in [-0.25, -0.2) is 4.79 Å². The van der Waals surface area contributed by atoms with Crippen LogP contribution in [-0.4, -0.2) is 23.3 Å². The Bertz CT molecular complexity index is 781. The lowest BCUT2D eigenvalue weighted by Gasteiger charge is -2.40. The highest BCUT2D eigenvalue weighted by atomic mass is 16.6. The molecule has 3 heteroatoms. The van der Waals surface area contributed by atoms with E-state index in [1.807, 2.05) is 43.3 Å². The Morgan fingerprint density at radius 2 is 1.87 bits per heavy atom. The Morgan fingerprint density at radius 3 is 2.70 bits per heavy atom. The minimum Gasteiger partial charge on any atom is -0.451 e. The van der Waals surface area contributed by atoms with Crippen molar-refractivity contribution in [1.29, 1.82) is 0 Å². The average Bonchev–Trinajstić information content (AvgIpc) is 2.57. The molecule has 0 aromatic heterocycles. The van der Waals surface area contributed by atoms with Crippen molar-refractivity contribution in [1.82, 2.24) is 0 Å². The molecule has 23 heavy (non-hydrogen) atoms. The summed E-state index contributed by atoms with van der Waals surface area (Å²) in [6, 6.07) is 17.8. The molecule has 0 saturated heterocycles. The van der Waals surface area contributed by atoms with Gasteiger partial charge in [-0.3, -0.25) is 4.99 Å². The van der Waals surface area contributed by atoms with Crippen molar-refractivity contribution in [3.63, 3.8) is 0 Å². The molecule has 0 radical (unpaired) electrons. The molecule has 0 spiro atoms. The van der Waals surface area contributed by atoms with Gasteiger partial charge in [0.2, 0.25) is 0 Å². The fourth-order valence-electron chi connectivity index (χ4n) is 3.52. The SMILES string of the molecule is C[C@]12CCc3ccccc3C1=N[C@@H](Cc1ccccc1)C(=O)O2. The predicted molar refractivity (Wildman–Crippen MR) is 89.7 cm³/mol. The number of ether oxygens (including phenoxy) is 1. The summed E-state index contributed by atoms with van der Waals surface area (Å²) in [6.45, 7) is 1.98. The van der Waals surface area contributed by atoms with E-state index in [1.165, 1.54) is 5.56 Å². The summed E-state index contributed by atoms with van der Waals surface area (Å²) in [5.74, 6) is -0.209. The quantitative estimate of drug-likeness (QED) is 0.798. The third kappa shape index (κ3) is 2.46. The maximum Gasteiger partial charge on any atom is 0.332 e. The van der Waals surface area contributed by atoms with Gasteiger partial charge in [0.15, 0.2) is 11.6 Å². The molecule has 3 nitrogen and oxygen atoms in total. The molecular formula is C20H19NO2. The average molecular weight is 305 g/mol. The molecule has 1 aliphatic heterocycles. The number of aryl methyl sites for hydroxylation is 1. The van der Waals surface area contributed by atoms with Crippen molar-refractivity contribution in [2.45, 2.75) is 37.8 Å². The second-order valence-corrected chi connectivity index (χ2v) is 6.49. The number of carbonyl (C=O) groups excluding carboxylic acids is 1. The molecule has 0 N–H and O–H groups in total. The van der Waals surface area contributed by atoms with Crippen LogP contribution in [0, 0.1) is 0 Å². The van der Waals surface area contributed by atoms with E-state index in [9.17, 15) is 4.79 Å². The Labute approximate surface area is 136 Å². The first-order valence-electron chi connectivity index (χ1n) is 8.09. The van der Waals surface area contributed by atoms with Gasteiger partial charge in [0, 0.05) is 12.0 Å². The van der Waals surface area contributed by atoms with Crippen LogP contribution < -0.4 is 0 Å². The van der Waals surface area contributed by atoms with Gasteiger partial charge in [-0.05, 0) is 30.9 Å². The van der Waals surface area contributed by atoms with Crippen LogP contribution in [0.15, 0.2) is 59.6 Å². The summed E-state index contributed by atoms with van der Waals surface area (Å²) in [6.07, 6.45) is 2.30. The van der Waals surface area contributed by atoms with Gasteiger partial charge in [-0.1, -0.05) is 54.6 Å². The van der Waals surface area contributed by atoms with Crippen molar-refractivity contribution < 1.29 is 9.53 Å². The molecule has 2 aromatic carbocycles. The van der Waals surface area contributed by atoms with Crippen molar-refractivity contribution in [2.75, 3.05) is 0 Å². The van der Waals surface area contributed by atoms with Gasteiger partial charge in [0.1, 0.15) is 0 Å². The van der Waals surface area contributed by atoms with Gasteiger partial charge in [-0.2, -0.15) is 0 Å². The molecule has 1 aliphatic carbocycles. The van der Waals surface area contributed by atoms with Crippen molar-refractivity contribution in [3.8, 4) is 0 Å². The zero-order valence-corrected chi connectivity index (χ0v) is 13.2. The lowest BCUT2D eigenvalue weighted by molar-refractivity contribution is -0.156. The lowest BCUT2D eigenvalue weighted by Crippen LogP contribution is -2.51. The highest BCUT2D eigenvalue weighted by Crippen LogP contribution is 2.35. The first kappa shape index (κ1) is 14.2. The van der Waals surface area contributed by atoms with Crippen LogP contribution in [0.1, 0.15) is 30.0 Å². The molecule has 1 heterocycles. The van der Waals surface area contributed by atoms with Crippen LogP contribution in [-0.2, 0) is 22.4 Å². The lowest BCUT2D eigenvalue weighted by atomic mass is 9.78. The fraction of sp³-hybridized carbons (Fsp3) is 0.300. The third-order valence-corrected chi connectivity index (χ3v) is 4.80. The summed E-state index contributed by atoms with van der Waals surface area (Å²) < 4.78 is 5.85. The Balaban J connectivity index is 1.74. The second-order valence-electron chi connectivity index (χ2n) is 6.49. The second kappa shape index (κ2) is 5.34. The van der Waals surface area contributed by atoms with Crippen molar-refractivity contribution in [3.05, 3.63) is 71.3 Å². The smallest absolute Gasteiger partial charge is 0.332 e. The zero-order chi connectivity index (χ0) is 15.9. The largest absolute Gasteiger partial charge is 0.451 e. The number of nitrogens with zero attached hydrogens (tertiary/aromatic N) is 1. The monoisotopic (exact) mass is 305 g/mol. The molecule has 0 fully saturated rings. The molecule has 0 saturated carbocycles. The third-order valence-electron chi connectivity index (χ3n) is 4.80. The molecule has 2 aromatic rings. The Hall–Kier alpha value is -2.42. The minimum atomic E-state index is -0.585. The number of hydrogen-bond donors (Lipinski definition) is 0. The molecule has 2 aliphatic rings. The van der Waals surface area contributed by atoms with Crippen LogP contribution >= 0.6 is 0 Å². The van der Waals surface area contributed by atoms with Crippen molar-refractivity contribution >= 4 is 11.7 Å². The van der Waals surface area contributed by atoms with Crippen molar-refractivity contribution in [2.24, 2.45) is 4.99 Å². The van der Waals surface area contributed by atoms with Crippen LogP contribution in [0.5, 0.6) is 0 Å². The normalized spacial score (nSPS) is 25.9. The van der Waals surface area contributed by atoms with E-state index in [0.29, 0.717) is 6.42 Å². The van der Waals surface area contributed by atoms with Gasteiger partial charge in [0.05, 0.1) is 5.71 Å². The molecule has 2 atom stereocenters. The number of hydrogen-bond acceptors (Lipinski definition) is 3. The van der Waals surface area contributed by atoms with E-state index in [0.717, 1.165) is 29.7 Å². The molecule has 4 rings (SSSR count). The summed E-state index contributed by atoms with van der Waals surface area (Å²) in [5, 5.41) is 0. The van der Waals surface area contributed by atoms with Crippen LogP contribution in [0.3, 0.4) is 0 Å². The molecule has 0 unspecified atom stereocenters. The van der Waals surface area contributed by atoms with Crippen LogP contribution in [0.2, 0.25) is 0 Å². The van der Waals surface area contributed by atoms with E-state index in [1.54, 1.807) is 0 Å². The Morgan fingerprint density at radius 1 is 1.13 bits per heavy atom.